The summed E-state index contributed by atoms with van der Waals surface area (Å²) in [4.78, 5) is 5.74. The Morgan fingerprint density at radius 1 is 1.77 bits per heavy atom. The predicted molar refractivity (Wildman–Crippen MR) is 53.1 cm³/mol. The summed E-state index contributed by atoms with van der Waals surface area (Å²) in [6.07, 6.45) is 3.04. The SMILES string of the molecule is CCc1cnc(C2COCCN2)s1. The van der Waals surface area contributed by atoms with Crippen molar-refractivity contribution in [3.8, 4) is 0 Å². The molecule has 2 heterocycles. The second-order valence-corrected chi connectivity index (χ2v) is 4.25. The quantitative estimate of drug-likeness (QED) is 0.779. The molecule has 1 aromatic rings. The van der Waals surface area contributed by atoms with Crippen molar-refractivity contribution in [1.29, 1.82) is 0 Å². The van der Waals surface area contributed by atoms with E-state index in [1.54, 1.807) is 11.3 Å². The predicted octanol–water partition coefficient (Wildman–Crippen LogP) is 1.37. The van der Waals surface area contributed by atoms with Gasteiger partial charge in [-0.1, -0.05) is 6.92 Å². The Kier molecular flexibility index (Phi) is 2.93. The molecular formula is C9H14N2OS. The van der Waals surface area contributed by atoms with E-state index < -0.39 is 0 Å². The molecule has 1 saturated heterocycles. The van der Waals surface area contributed by atoms with Crippen molar-refractivity contribution in [2.45, 2.75) is 19.4 Å². The van der Waals surface area contributed by atoms with Gasteiger partial charge in [-0.05, 0) is 6.42 Å². The van der Waals surface area contributed by atoms with Crippen LogP contribution in [0.5, 0.6) is 0 Å². The molecule has 4 heteroatoms. The van der Waals surface area contributed by atoms with Gasteiger partial charge in [0.25, 0.3) is 0 Å². The molecule has 1 aliphatic rings. The van der Waals surface area contributed by atoms with Gasteiger partial charge in [-0.15, -0.1) is 11.3 Å². The van der Waals surface area contributed by atoms with Crippen molar-refractivity contribution in [3.63, 3.8) is 0 Å². The Bertz CT molecular complexity index is 268. The highest BCUT2D eigenvalue weighted by atomic mass is 32.1. The van der Waals surface area contributed by atoms with Crippen molar-refractivity contribution in [1.82, 2.24) is 10.3 Å². The molecular weight excluding hydrogens is 184 g/mol. The van der Waals surface area contributed by atoms with E-state index in [0.29, 0.717) is 6.04 Å². The fraction of sp³-hybridized carbons (Fsp3) is 0.667. The van der Waals surface area contributed by atoms with Gasteiger partial charge in [-0.3, -0.25) is 0 Å². The maximum Gasteiger partial charge on any atom is 0.112 e. The number of thiazole rings is 1. The molecule has 72 valence electrons. The van der Waals surface area contributed by atoms with E-state index in [4.69, 9.17) is 4.74 Å². The minimum absolute atomic E-state index is 0.319. The number of aromatic nitrogens is 1. The third-order valence-electron chi connectivity index (χ3n) is 2.14. The van der Waals surface area contributed by atoms with E-state index in [-0.39, 0.29) is 0 Å². The lowest BCUT2D eigenvalue weighted by Gasteiger charge is -2.21. The number of hydrogen-bond acceptors (Lipinski definition) is 4. The lowest BCUT2D eigenvalue weighted by molar-refractivity contribution is 0.0768. The fourth-order valence-corrected chi connectivity index (χ4v) is 2.29. The minimum Gasteiger partial charge on any atom is -0.378 e. The lowest BCUT2D eigenvalue weighted by atomic mass is 10.3. The molecule has 0 aromatic carbocycles. The summed E-state index contributed by atoms with van der Waals surface area (Å²) in [6, 6.07) is 0.319. The molecule has 1 aromatic heterocycles. The third kappa shape index (κ3) is 2.07. The van der Waals surface area contributed by atoms with Gasteiger partial charge in [-0.2, -0.15) is 0 Å². The summed E-state index contributed by atoms with van der Waals surface area (Å²) < 4.78 is 5.38. The highest BCUT2D eigenvalue weighted by Gasteiger charge is 2.17. The zero-order valence-corrected chi connectivity index (χ0v) is 8.56. The Labute approximate surface area is 82.1 Å². The smallest absolute Gasteiger partial charge is 0.112 e. The molecule has 0 bridgehead atoms. The summed E-state index contributed by atoms with van der Waals surface area (Å²) in [7, 11) is 0. The summed E-state index contributed by atoms with van der Waals surface area (Å²) >= 11 is 1.79. The Morgan fingerprint density at radius 2 is 2.69 bits per heavy atom. The third-order valence-corrected chi connectivity index (χ3v) is 3.39. The number of rotatable bonds is 2. The van der Waals surface area contributed by atoms with Crippen LogP contribution in [0.1, 0.15) is 22.9 Å². The van der Waals surface area contributed by atoms with Gasteiger partial charge in [0, 0.05) is 17.6 Å². The van der Waals surface area contributed by atoms with Crippen LogP contribution in [-0.4, -0.2) is 24.7 Å². The second-order valence-electron chi connectivity index (χ2n) is 3.10. The van der Waals surface area contributed by atoms with Crippen LogP contribution in [0.15, 0.2) is 6.20 Å². The van der Waals surface area contributed by atoms with Gasteiger partial charge in [0.15, 0.2) is 0 Å². The molecule has 1 N–H and O–H groups in total. The maximum absolute atomic E-state index is 5.38. The molecule has 0 aliphatic carbocycles. The van der Waals surface area contributed by atoms with Crippen molar-refractivity contribution in [2.75, 3.05) is 19.8 Å². The molecule has 1 aliphatic heterocycles. The van der Waals surface area contributed by atoms with E-state index in [0.717, 1.165) is 31.2 Å². The first kappa shape index (κ1) is 9.12. The number of morpholine rings is 1. The van der Waals surface area contributed by atoms with Gasteiger partial charge in [0.1, 0.15) is 5.01 Å². The first-order valence-electron chi connectivity index (χ1n) is 4.66. The molecule has 1 unspecified atom stereocenters. The average molecular weight is 198 g/mol. The van der Waals surface area contributed by atoms with Crippen LogP contribution >= 0.6 is 11.3 Å². The topological polar surface area (TPSA) is 34.1 Å². The number of aryl methyl sites for hydroxylation is 1. The summed E-state index contributed by atoms with van der Waals surface area (Å²) in [6.45, 7) is 4.67. The van der Waals surface area contributed by atoms with E-state index >= 15 is 0 Å². The Morgan fingerprint density at radius 3 is 3.31 bits per heavy atom. The first-order chi connectivity index (χ1) is 6.40. The zero-order chi connectivity index (χ0) is 9.10. The Hall–Kier alpha value is -0.450. The van der Waals surface area contributed by atoms with Gasteiger partial charge in [-0.25, -0.2) is 4.98 Å². The van der Waals surface area contributed by atoms with Crippen molar-refractivity contribution >= 4 is 11.3 Å². The molecule has 13 heavy (non-hydrogen) atoms. The highest BCUT2D eigenvalue weighted by molar-refractivity contribution is 7.11. The van der Waals surface area contributed by atoms with Crippen LogP contribution in [0, 0.1) is 0 Å². The summed E-state index contributed by atoms with van der Waals surface area (Å²) in [5.74, 6) is 0. The number of hydrogen-bond donors (Lipinski definition) is 1. The van der Waals surface area contributed by atoms with Gasteiger partial charge in [0.05, 0.1) is 19.3 Å². The van der Waals surface area contributed by atoms with Gasteiger partial charge >= 0.3 is 0 Å². The van der Waals surface area contributed by atoms with Crippen LogP contribution in [0.25, 0.3) is 0 Å². The lowest BCUT2D eigenvalue weighted by Crippen LogP contribution is -2.34. The maximum atomic E-state index is 5.38. The normalized spacial score (nSPS) is 23.3. The van der Waals surface area contributed by atoms with Gasteiger partial charge < -0.3 is 10.1 Å². The zero-order valence-electron chi connectivity index (χ0n) is 7.75. The molecule has 3 nitrogen and oxygen atoms in total. The standard InChI is InChI=1S/C9H14N2OS/c1-2-7-5-11-9(13-7)8-6-12-4-3-10-8/h5,8,10H,2-4,6H2,1H3. The molecule has 2 rings (SSSR count). The average Bonchev–Trinajstić information content (AvgIpc) is 2.67. The molecule has 1 atom stereocenters. The largest absolute Gasteiger partial charge is 0.378 e. The van der Waals surface area contributed by atoms with Crippen molar-refractivity contribution in [2.24, 2.45) is 0 Å². The molecule has 0 saturated carbocycles. The summed E-state index contributed by atoms with van der Waals surface area (Å²) in [5, 5.41) is 4.56. The number of nitrogens with zero attached hydrogens (tertiary/aromatic N) is 1. The van der Waals surface area contributed by atoms with Gasteiger partial charge in [0.2, 0.25) is 0 Å². The van der Waals surface area contributed by atoms with Crippen LogP contribution in [0.2, 0.25) is 0 Å². The molecule has 0 spiro atoms. The van der Waals surface area contributed by atoms with Crippen LogP contribution in [0.4, 0.5) is 0 Å². The number of nitrogens with one attached hydrogen (secondary N) is 1. The van der Waals surface area contributed by atoms with E-state index in [1.165, 1.54) is 4.88 Å². The first-order valence-corrected chi connectivity index (χ1v) is 5.47. The summed E-state index contributed by atoms with van der Waals surface area (Å²) in [5.41, 5.74) is 0. The molecule has 0 radical (unpaired) electrons. The fourth-order valence-electron chi connectivity index (χ4n) is 1.37. The van der Waals surface area contributed by atoms with E-state index in [9.17, 15) is 0 Å². The van der Waals surface area contributed by atoms with Crippen LogP contribution < -0.4 is 5.32 Å². The van der Waals surface area contributed by atoms with E-state index in [2.05, 4.69) is 17.2 Å². The number of ether oxygens (including phenoxy) is 1. The van der Waals surface area contributed by atoms with Crippen molar-refractivity contribution < 1.29 is 4.74 Å². The minimum atomic E-state index is 0.319. The second kappa shape index (κ2) is 4.17. The molecule has 0 amide bonds. The van der Waals surface area contributed by atoms with Crippen molar-refractivity contribution in [3.05, 3.63) is 16.1 Å². The molecule has 1 fully saturated rings. The van der Waals surface area contributed by atoms with Crippen LogP contribution in [0.3, 0.4) is 0 Å². The highest BCUT2D eigenvalue weighted by Crippen LogP contribution is 2.21. The monoisotopic (exact) mass is 198 g/mol. The Balaban J connectivity index is 2.05. The van der Waals surface area contributed by atoms with Crippen LogP contribution in [-0.2, 0) is 11.2 Å². The van der Waals surface area contributed by atoms with E-state index in [1.807, 2.05) is 6.20 Å².